The van der Waals surface area contributed by atoms with Crippen molar-refractivity contribution < 1.29 is 0 Å². The molecule has 1 rings (SSSR count). The molecule has 0 aliphatic rings. The molecule has 0 amide bonds. The average Bonchev–Trinajstić information content (AvgIpc) is 2.26. The van der Waals surface area contributed by atoms with Crippen molar-refractivity contribution >= 4 is 11.6 Å². The zero-order chi connectivity index (χ0) is 11.8. The highest BCUT2D eigenvalue weighted by Crippen LogP contribution is 2.09. The molecule has 2 N–H and O–H groups in total. The highest BCUT2D eigenvalue weighted by molar-refractivity contribution is 5.46. The maximum atomic E-state index is 4.18. The first-order valence-electron chi connectivity index (χ1n) is 6.02. The lowest BCUT2D eigenvalue weighted by molar-refractivity contribution is 0.606. The molecule has 4 heteroatoms. The molecular weight excluding hydrogens is 200 g/mol. The van der Waals surface area contributed by atoms with Gasteiger partial charge in [0.15, 0.2) is 0 Å². The zero-order valence-corrected chi connectivity index (χ0v) is 10.5. The van der Waals surface area contributed by atoms with Crippen molar-refractivity contribution in [3.63, 3.8) is 0 Å². The third kappa shape index (κ3) is 4.96. The van der Waals surface area contributed by atoms with Crippen LogP contribution in [-0.2, 0) is 0 Å². The number of anilines is 2. The van der Waals surface area contributed by atoms with Gasteiger partial charge in [-0.1, -0.05) is 20.8 Å². The topological polar surface area (TPSA) is 49.8 Å². The van der Waals surface area contributed by atoms with Crippen molar-refractivity contribution in [1.29, 1.82) is 0 Å². The average molecular weight is 222 g/mol. The number of nitrogens with one attached hydrogen (secondary N) is 2. The maximum absolute atomic E-state index is 4.18. The minimum absolute atomic E-state index is 0.715. The Labute approximate surface area is 97.9 Å². The maximum Gasteiger partial charge on any atom is 0.131 e. The van der Waals surface area contributed by atoms with Crippen LogP contribution in [0.4, 0.5) is 11.6 Å². The fourth-order valence-corrected chi connectivity index (χ4v) is 1.29. The lowest BCUT2D eigenvalue weighted by Crippen LogP contribution is -2.08. The zero-order valence-electron chi connectivity index (χ0n) is 10.5. The number of hydrogen-bond donors (Lipinski definition) is 2. The Hall–Kier alpha value is -1.32. The van der Waals surface area contributed by atoms with E-state index >= 15 is 0 Å². The van der Waals surface area contributed by atoms with Gasteiger partial charge in [-0.2, -0.15) is 0 Å². The summed E-state index contributed by atoms with van der Waals surface area (Å²) in [5, 5.41) is 6.54. The van der Waals surface area contributed by atoms with Crippen LogP contribution in [0.25, 0.3) is 0 Å². The smallest absolute Gasteiger partial charge is 0.131 e. The molecule has 0 aliphatic carbocycles. The van der Waals surface area contributed by atoms with Gasteiger partial charge in [-0.3, -0.25) is 0 Å². The molecule has 0 spiro atoms. The first-order chi connectivity index (χ1) is 7.72. The molecule has 0 aromatic carbocycles. The van der Waals surface area contributed by atoms with Crippen LogP contribution >= 0.6 is 0 Å². The van der Waals surface area contributed by atoms with E-state index < -0.39 is 0 Å². The van der Waals surface area contributed by atoms with Crippen LogP contribution in [0.2, 0.25) is 0 Å². The predicted octanol–water partition coefficient (Wildman–Crippen LogP) is 2.76. The summed E-state index contributed by atoms with van der Waals surface area (Å²) in [5.41, 5.74) is 0. The molecule has 0 fully saturated rings. The molecule has 0 saturated carbocycles. The van der Waals surface area contributed by atoms with Crippen LogP contribution in [0.5, 0.6) is 0 Å². The molecule has 16 heavy (non-hydrogen) atoms. The van der Waals surface area contributed by atoms with E-state index in [1.54, 1.807) is 6.33 Å². The highest BCUT2D eigenvalue weighted by Gasteiger charge is 1.98. The molecule has 0 radical (unpaired) electrons. The summed E-state index contributed by atoms with van der Waals surface area (Å²) in [6.45, 7) is 8.48. The van der Waals surface area contributed by atoms with Crippen molar-refractivity contribution in [3.05, 3.63) is 12.4 Å². The summed E-state index contributed by atoms with van der Waals surface area (Å²) in [5.74, 6) is 2.50. The standard InChI is InChI=1S/C12H22N4/c1-4-6-13-11-8-12(16-9-15-11)14-7-5-10(2)3/h8-10H,4-7H2,1-3H3,(H2,13,14,15,16). The Morgan fingerprint density at radius 2 is 1.75 bits per heavy atom. The van der Waals surface area contributed by atoms with Gasteiger partial charge in [0, 0.05) is 19.2 Å². The number of aromatic nitrogens is 2. The second-order valence-electron chi connectivity index (χ2n) is 4.32. The van der Waals surface area contributed by atoms with Crippen molar-refractivity contribution in [2.75, 3.05) is 23.7 Å². The lowest BCUT2D eigenvalue weighted by Gasteiger charge is -2.09. The summed E-state index contributed by atoms with van der Waals surface area (Å²) < 4.78 is 0. The van der Waals surface area contributed by atoms with Gasteiger partial charge >= 0.3 is 0 Å². The lowest BCUT2D eigenvalue weighted by atomic mass is 10.1. The number of nitrogens with zero attached hydrogens (tertiary/aromatic N) is 2. The summed E-state index contributed by atoms with van der Waals surface area (Å²) >= 11 is 0. The SMILES string of the molecule is CCCNc1cc(NCCC(C)C)ncn1. The van der Waals surface area contributed by atoms with Gasteiger partial charge < -0.3 is 10.6 Å². The Morgan fingerprint density at radius 1 is 1.12 bits per heavy atom. The quantitative estimate of drug-likeness (QED) is 0.745. The van der Waals surface area contributed by atoms with Crippen molar-refractivity contribution in [1.82, 2.24) is 9.97 Å². The van der Waals surface area contributed by atoms with Crippen LogP contribution < -0.4 is 10.6 Å². The van der Waals surface area contributed by atoms with Crippen molar-refractivity contribution in [2.45, 2.75) is 33.6 Å². The Morgan fingerprint density at radius 3 is 2.31 bits per heavy atom. The second-order valence-corrected chi connectivity index (χ2v) is 4.32. The molecule has 1 aromatic heterocycles. The first-order valence-corrected chi connectivity index (χ1v) is 6.02. The van der Waals surface area contributed by atoms with Gasteiger partial charge in [0.25, 0.3) is 0 Å². The molecule has 1 heterocycles. The van der Waals surface area contributed by atoms with Gasteiger partial charge in [-0.25, -0.2) is 9.97 Å². The van der Waals surface area contributed by atoms with Crippen LogP contribution in [0.3, 0.4) is 0 Å². The molecule has 0 atom stereocenters. The van der Waals surface area contributed by atoms with E-state index in [0.29, 0.717) is 5.92 Å². The molecule has 90 valence electrons. The van der Waals surface area contributed by atoms with Gasteiger partial charge in [0.2, 0.25) is 0 Å². The molecule has 0 unspecified atom stereocenters. The van der Waals surface area contributed by atoms with E-state index in [1.807, 2.05) is 6.07 Å². The van der Waals surface area contributed by atoms with Gasteiger partial charge in [0.05, 0.1) is 0 Å². The summed E-state index contributed by atoms with van der Waals surface area (Å²) in [4.78, 5) is 8.34. The van der Waals surface area contributed by atoms with E-state index in [2.05, 4.69) is 41.4 Å². The second kappa shape index (κ2) is 7.04. The van der Waals surface area contributed by atoms with Crippen LogP contribution in [0, 0.1) is 5.92 Å². The van der Waals surface area contributed by atoms with Crippen molar-refractivity contribution in [2.24, 2.45) is 5.92 Å². The molecule has 0 bridgehead atoms. The molecule has 1 aromatic rings. The van der Waals surface area contributed by atoms with E-state index in [9.17, 15) is 0 Å². The third-order valence-electron chi connectivity index (χ3n) is 2.25. The van der Waals surface area contributed by atoms with Gasteiger partial charge in [-0.15, -0.1) is 0 Å². The van der Waals surface area contributed by atoms with Gasteiger partial charge in [-0.05, 0) is 18.8 Å². The fourth-order valence-electron chi connectivity index (χ4n) is 1.29. The number of hydrogen-bond acceptors (Lipinski definition) is 4. The van der Waals surface area contributed by atoms with Crippen LogP contribution in [0.15, 0.2) is 12.4 Å². The molecular formula is C12H22N4. The van der Waals surface area contributed by atoms with E-state index in [1.165, 1.54) is 0 Å². The molecule has 0 saturated heterocycles. The Bertz CT molecular complexity index is 299. The summed E-state index contributed by atoms with van der Waals surface area (Å²) in [7, 11) is 0. The normalized spacial score (nSPS) is 10.5. The highest BCUT2D eigenvalue weighted by atomic mass is 15.1. The minimum Gasteiger partial charge on any atom is -0.370 e. The largest absolute Gasteiger partial charge is 0.370 e. The summed E-state index contributed by atoms with van der Waals surface area (Å²) in [6, 6.07) is 1.95. The third-order valence-corrected chi connectivity index (χ3v) is 2.25. The van der Waals surface area contributed by atoms with E-state index in [0.717, 1.165) is 37.6 Å². The minimum atomic E-state index is 0.715. The summed E-state index contributed by atoms with van der Waals surface area (Å²) in [6.07, 6.45) is 3.84. The Balaban J connectivity index is 2.40. The molecule has 0 aliphatic heterocycles. The van der Waals surface area contributed by atoms with Crippen LogP contribution in [0.1, 0.15) is 33.6 Å². The predicted molar refractivity (Wildman–Crippen MR) is 68.8 cm³/mol. The van der Waals surface area contributed by atoms with Crippen LogP contribution in [-0.4, -0.2) is 23.1 Å². The first kappa shape index (κ1) is 12.7. The molecule has 4 nitrogen and oxygen atoms in total. The van der Waals surface area contributed by atoms with E-state index in [4.69, 9.17) is 0 Å². The van der Waals surface area contributed by atoms with Gasteiger partial charge in [0.1, 0.15) is 18.0 Å². The number of rotatable bonds is 7. The monoisotopic (exact) mass is 222 g/mol. The van der Waals surface area contributed by atoms with E-state index in [-0.39, 0.29) is 0 Å². The fraction of sp³-hybridized carbons (Fsp3) is 0.667. The van der Waals surface area contributed by atoms with Crippen molar-refractivity contribution in [3.8, 4) is 0 Å². The Kier molecular flexibility index (Phi) is 5.61.